The molecule has 0 spiro atoms. The second kappa shape index (κ2) is 3.31. The van der Waals surface area contributed by atoms with Crippen LogP contribution >= 0.6 is 0 Å². The summed E-state index contributed by atoms with van der Waals surface area (Å²) in [5.41, 5.74) is -0.520. The monoisotopic (exact) mass is 150 g/mol. The van der Waals surface area contributed by atoms with Crippen molar-refractivity contribution >= 4 is 0 Å². The van der Waals surface area contributed by atoms with Gasteiger partial charge in [0.05, 0.1) is 0 Å². The molecule has 0 aliphatic carbocycles. The standard InChI is InChI=1S/C8H16F2/c1-5-8(3,4)7(10)6(2)9/h6-7H,5H2,1-4H3. The van der Waals surface area contributed by atoms with E-state index in [4.69, 9.17) is 0 Å². The van der Waals surface area contributed by atoms with Crippen LogP contribution in [-0.2, 0) is 0 Å². The van der Waals surface area contributed by atoms with Gasteiger partial charge in [-0.2, -0.15) is 0 Å². The largest absolute Gasteiger partial charge is 0.245 e. The maximum atomic E-state index is 12.9. The van der Waals surface area contributed by atoms with Crippen molar-refractivity contribution in [2.75, 3.05) is 0 Å². The molecule has 0 aromatic heterocycles. The van der Waals surface area contributed by atoms with Crippen LogP contribution in [0.25, 0.3) is 0 Å². The molecule has 0 fully saturated rings. The summed E-state index contributed by atoms with van der Waals surface area (Å²) in [5, 5.41) is 0. The van der Waals surface area contributed by atoms with E-state index in [0.29, 0.717) is 6.42 Å². The summed E-state index contributed by atoms with van der Waals surface area (Å²) in [6.07, 6.45) is -2.02. The third kappa shape index (κ3) is 2.24. The lowest BCUT2D eigenvalue weighted by Gasteiger charge is -2.27. The Morgan fingerprint density at radius 1 is 1.30 bits per heavy atom. The van der Waals surface area contributed by atoms with E-state index < -0.39 is 17.8 Å². The molecular formula is C8H16F2. The van der Waals surface area contributed by atoms with Crippen LogP contribution in [0, 0.1) is 5.41 Å². The van der Waals surface area contributed by atoms with Gasteiger partial charge in [0.2, 0.25) is 0 Å². The summed E-state index contributed by atoms with van der Waals surface area (Å²) in [7, 11) is 0. The van der Waals surface area contributed by atoms with Crippen LogP contribution in [0.3, 0.4) is 0 Å². The van der Waals surface area contributed by atoms with Crippen molar-refractivity contribution < 1.29 is 8.78 Å². The van der Waals surface area contributed by atoms with Crippen LogP contribution < -0.4 is 0 Å². The molecule has 0 nitrogen and oxygen atoms in total. The molecule has 0 heterocycles. The molecule has 62 valence electrons. The first kappa shape index (κ1) is 9.86. The number of rotatable bonds is 3. The summed E-state index contributed by atoms with van der Waals surface area (Å²) in [4.78, 5) is 0. The highest BCUT2D eigenvalue weighted by molar-refractivity contribution is 4.80. The lowest BCUT2D eigenvalue weighted by atomic mass is 9.83. The molecule has 0 aliphatic heterocycles. The van der Waals surface area contributed by atoms with Crippen LogP contribution in [0.1, 0.15) is 34.1 Å². The molecule has 0 aromatic carbocycles. The van der Waals surface area contributed by atoms with Gasteiger partial charge in [0, 0.05) is 0 Å². The molecule has 2 unspecified atom stereocenters. The van der Waals surface area contributed by atoms with Gasteiger partial charge < -0.3 is 0 Å². The summed E-state index contributed by atoms with van der Waals surface area (Å²) < 4.78 is 25.3. The Hall–Kier alpha value is -0.140. The first-order valence-corrected chi connectivity index (χ1v) is 3.70. The predicted molar refractivity (Wildman–Crippen MR) is 39.5 cm³/mol. The summed E-state index contributed by atoms with van der Waals surface area (Å²) in [6, 6.07) is 0. The maximum Gasteiger partial charge on any atom is 0.136 e. The van der Waals surface area contributed by atoms with Gasteiger partial charge in [0.1, 0.15) is 12.3 Å². The fraction of sp³-hybridized carbons (Fsp3) is 1.00. The highest BCUT2D eigenvalue weighted by Gasteiger charge is 2.32. The maximum absolute atomic E-state index is 12.9. The molecule has 0 aliphatic rings. The van der Waals surface area contributed by atoms with Crippen LogP contribution in [0.5, 0.6) is 0 Å². The van der Waals surface area contributed by atoms with Crippen molar-refractivity contribution in [1.29, 1.82) is 0 Å². The first-order chi connectivity index (χ1) is 4.41. The van der Waals surface area contributed by atoms with Crippen molar-refractivity contribution in [2.45, 2.75) is 46.5 Å². The van der Waals surface area contributed by atoms with E-state index in [9.17, 15) is 8.78 Å². The van der Waals surface area contributed by atoms with E-state index in [-0.39, 0.29) is 0 Å². The molecule has 2 atom stereocenters. The molecule has 10 heavy (non-hydrogen) atoms. The quantitative estimate of drug-likeness (QED) is 0.579. The van der Waals surface area contributed by atoms with Gasteiger partial charge in [-0.3, -0.25) is 0 Å². The Balaban J connectivity index is 4.03. The summed E-state index contributed by atoms with van der Waals surface area (Å²) >= 11 is 0. The normalized spacial score (nSPS) is 18.6. The second-order valence-electron chi connectivity index (χ2n) is 3.42. The first-order valence-electron chi connectivity index (χ1n) is 3.70. The number of halogens is 2. The highest BCUT2D eigenvalue weighted by atomic mass is 19.2. The van der Waals surface area contributed by atoms with E-state index in [2.05, 4.69) is 0 Å². The zero-order valence-corrected chi connectivity index (χ0v) is 7.12. The third-order valence-corrected chi connectivity index (χ3v) is 2.06. The van der Waals surface area contributed by atoms with Crippen LogP contribution in [-0.4, -0.2) is 12.3 Å². The smallest absolute Gasteiger partial charge is 0.136 e. The van der Waals surface area contributed by atoms with E-state index in [0.717, 1.165) is 0 Å². The number of alkyl halides is 2. The lowest BCUT2D eigenvalue weighted by Crippen LogP contribution is -2.31. The molecule has 0 amide bonds. The van der Waals surface area contributed by atoms with E-state index in [1.807, 2.05) is 6.92 Å². The van der Waals surface area contributed by atoms with Crippen LogP contribution in [0.2, 0.25) is 0 Å². The Labute approximate surface area is 61.6 Å². The van der Waals surface area contributed by atoms with Crippen LogP contribution in [0.15, 0.2) is 0 Å². The van der Waals surface area contributed by atoms with Gasteiger partial charge in [0.25, 0.3) is 0 Å². The Morgan fingerprint density at radius 2 is 1.70 bits per heavy atom. The molecule has 2 heteroatoms. The van der Waals surface area contributed by atoms with Gasteiger partial charge >= 0.3 is 0 Å². The van der Waals surface area contributed by atoms with Crippen molar-refractivity contribution in [1.82, 2.24) is 0 Å². The molecule has 0 rings (SSSR count). The zero-order chi connectivity index (χ0) is 8.36. The topological polar surface area (TPSA) is 0 Å². The zero-order valence-electron chi connectivity index (χ0n) is 7.12. The van der Waals surface area contributed by atoms with Gasteiger partial charge in [-0.1, -0.05) is 20.8 Å². The molecule has 0 saturated carbocycles. The Bertz CT molecular complexity index is 97.4. The van der Waals surface area contributed by atoms with Crippen LogP contribution in [0.4, 0.5) is 8.78 Å². The van der Waals surface area contributed by atoms with Crippen molar-refractivity contribution in [3.63, 3.8) is 0 Å². The fourth-order valence-electron chi connectivity index (χ4n) is 0.817. The van der Waals surface area contributed by atoms with Crippen molar-refractivity contribution in [3.05, 3.63) is 0 Å². The average Bonchev–Trinajstić information content (AvgIpc) is 1.86. The minimum absolute atomic E-state index is 0.520. The minimum Gasteiger partial charge on any atom is -0.245 e. The molecule has 0 saturated heterocycles. The van der Waals surface area contributed by atoms with Gasteiger partial charge in [-0.25, -0.2) is 8.78 Å². The van der Waals surface area contributed by atoms with E-state index >= 15 is 0 Å². The Morgan fingerprint density at radius 3 is 1.80 bits per heavy atom. The van der Waals surface area contributed by atoms with Gasteiger partial charge in [0.15, 0.2) is 0 Å². The lowest BCUT2D eigenvalue weighted by molar-refractivity contribution is 0.0635. The van der Waals surface area contributed by atoms with Crippen molar-refractivity contribution in [2.24, 2.45) is 5.41 Å². The molecule has 0 N–H and O–H groups in total. The molecular weight excluding hydrogens is 134 g/mol. The number of hydrogen-bond donors (Lipinski definition) is 0. The summed E-state index contributed by atoms with van der Waals surface area (Å²) in [5.74, 6) is 0. The Kier molecular flexibility index (Phi) is 3.26. The fourth-order valence-corrected chi connectivity index (χ4v) is 0.817. The average molecular weight is 150 g/mol. The van der Waals surface area contributed by atoms with Gasteiger partial charge in [-0.05, 0) is 18.8 Å². The second-order valence-corrected chi connectivity index (χ2v) is 3.42. The predicted octanol–water partition coefficient (Wildman–Crippen LogP) is 3.12. The third-order valence-electron chi connectivity index (χ3n) is 2.06. The van der Waals surface area contributed by atoms with Gasteiger partial charge in [-0.15, -0.1) is 0 Å². The molecule has 0 aromatic rings. The summed E-state index contributed by atoms with van der Waals surface area (Å²) in [6.45, 7) is 6.62. The van der Waals surface area contributed by atoms with Crippen molar-refractivity contribution in [3.8, 4) is 0 Å². The highest BCUT2D eigenvalue weighted by Crippen LogP contribution is 2.30. The number of hydrogen-bond acceptors (Lipinski definition) is 0. The molecule has 0 bridgehead atoms. The minimum atomic E-state index is -1.35. The molecule has 0 radical (unpaired) electrons. The SMILES string of the molecule is CCC(C)(C)C(F)C(C)F. The van der Waals surface area contributed by atoms with E-state index in [1.54, 1.807) is 13.8 Å². The van der Waals surface area contributed by atoms with E-state index in [1.165, 1.54) is 6.92 Å².